The number of nitrogens with one attached hydrogen (secondary N) is 1. The molecule has 0 aromatic carbocycles. The summed E-state index contributed by atoms with van der Waals surface area (Å²) >= 11 is 1.85. The smallest absolute Gasteiger partial charge is 0.129 e. The number of nitrogens with zero attached hydrogens (tertiary/aromatic N) is 2. The van der Waals surface area contributed by atoms with Gasteiger partial charge in [-0.3, -0.25) is 0 Å². The van der Waals surface area contributed by atoms with Crippen molar-refractivity contribution in [2.75, 3.05) is 5.32 Å². The molecule has 2 aromatic heterocycles. The van der Waals surface area contributed by atoms with E-state index in [1.165, 1.54) is 41.1 Å². The first-order valence-electron chi connectivity index (χ1n) is 6.93. The van der Waals surface area contributed by atoms with Crippen LogP contribution in [0.3, 0.4) is 0 Å². The van der Waals surface area contributed by atoms with Gasteiger partial charge in [0.25, 0.3) is 0 Å². The van der Waals surface area contributed by atoms with Gasteiger partial charge in [0.15, 0.2) is 0 Å². The highest BCUT2D eigenvalue weighted by molar-refractivity contribution is 7.11. The summed E-state index contributed by atoms with van der Waals surface area (Å²) in [6, 6.07) is 4.04. The van der Waals surface area contributed by atoms with Crippen molar-refractivity contribution in [3.05, 3.63) is 40.0 Å². The maximum atomic E-state index is 4.59. The second-order valence-electron chi connectivity index (χ2n) is 5.17. The summed E-state index contributed by atoms with van der Waals surface area (Å²) in [5.41, 5.74) is 1.18. The van der Waals surface area contributed by atoms with E-state index in [2.05, 4.69) is 28.3 Å². The maximum Gasteiger partial charge on any atom is 0.129 e. The number of thiazole rings is 1. The van der Waals surface area contributed by atoms with Crippen LogP contribution in [0.4, 0.5) is 5.82 Å². The van der Waals surface area contributed by atoms with E-state index >= 15 is 0 Å². The number of rotatable bonds is 4. The highest BCUT2D eigenvalue weighted by Gasteiger charge is 2.19. The van der Waals surface area contributed by atoms with Gasteiger partial charge in [-0.1, -0.05) is 18.9 Å². The quantitative estimate of drug-likeness (QED) is 0.910. The van der Waals surface area contributed by atoms with Gasteiger partial charge in [0.1, 0.15) is 5.82 Å². The van der Waals surface area contributed by atoms with E-state index in [4.69, 9.17) is 0 Å². The van der Waals surface area contributed by atoms with Gasteiger partial charge in [-0.15, -0.1) is 11.3 Å². The lowest BCUT2D eigenvalue weighted by Crippen LogP contribution is -2.01. The number of anilines is 1. The van der Waals surface area contributed by atoms with Crippen molar-refractivity contribution >= 4 is 17.2 Å². The van der Waals surface area contributed by atoms with Crippen molar-refractivity contribution in [1.29, 1.82) is 0 Å². The first kappa shape index (κ1) is 12.6. The van der Waals surface area contributed by atoms with Crippen LogP contribution in [0, 0.1) is 6.92 Å². The molecule has 0 aliphatic heterocycles. The molecule has 3 nitrogen and oxygen atoms in total. The fraction of sp³-hybridized carbons (Fsp3) is 0.467. The van der Waals surface area contributed by atoms with Crippen molar-refractivity contribution in [3.8, 4) is 0 Å². The van der Waals surface area contributed by atoms with Crippen molar-refractivity contribution in [2.24, 2.45) is 0 Å². The molecule has 0 saturated heterocycles. The van der Waals surface area contributed by atoms with E-state index in [1.807, 2.05) is 29.8 Å². The zero-order valence-electron chi connectivity index (χ0n) is 11.2. The molecule has 4 heteroatoms. The molecule has 2 aromatic rings. The van der Waals surface area contributed by atoms with E-state index in [9.17, 15) is 0 Å². The summed E-state index contributed by atoms with van der Waals surface area (Å²) in [5, 5.41) is 4.72. The van der Waals surface area contributed by atoms with Gasteiger partial charge in [0, 0.05) is 23.2 Å². The standard InChI is InChI=1S/C15H19N3S/c1-11-5-4-8-16-14(11)17-9-13-10-18-15(19-13)12-6-2-3-7-12/h4-5,8,10,12H,2-3,6-7,9H2,1H3,(H,16,17). The van der Waals surface area contributed by atoms with Crippen LogP contribution in [-0.2, 0) is 6.54 Å². The van der Waals surface area contributed by atoms with Gasteiger partial charge >= 0.3 is 0 Å². The van der Waals surface area contributed by atoms with Gasteiger partial charge in [0.05, 0.1) is 11.6 Å². The van der Waals surface area contributed by atoms with Crippen LogP contribution in [0.1, 0.15) is 47.0 Å². The van der Waals surface area contributed by atoms with Crippen LogP contribution in [0.25, 0.3) is 0 Å². The molecule has 0 bridgehead atoms. The Balaban J connectivity index is 1.63. The molecule has 19 heavy (non-hydrogen) atoms. The minimum atomic E-state index is 0.718. The molecule has 3 rings (SSSR count). The fourth-order valence-electron chi connectivity index (χ4n) is 2.61. The average Bonchev–Trinajstić information content (AvgIpc) is 3.09. The Morgan fingerprint density at radius 1 is 1.32 bits per heavy atom. The Hall–Kier alpha value is -1.42. The molecule has 0 spiro atoms. The fourth-order valence-corrected chi connectivity index (χ4v) is 3.63. The Labute approximate surface area is 118 Å². The van der Waals surface area contributed by atoms with Gasteiger partial charge < -0.3 is 5.32 Å². The van der Waals surface area contributed by atoms with Gasteiger partial charge in [-0.2, -0.15) is 0 Å². The van der Waals surface area contributed by atoms with E-state index in [1.54, 1.807) is 0 Å². The molecule has 100 valence electrons. The molecular weight excluding hydrogens is 254 g/mol. The second kappa shape index (κ2) is 5.70. The van der Waals surface area contributed by atoms with E-state index in [-0.39, 0.29) is 0 Å². The lowest BCUT2D eigenvalue weighted by Gasteiger charge is -2.06. The number of aromatic nitrogens is 2. The summed E-state index contributed by atoms with van der Waals surface area (Å²) in [6.45, 7) is 2.90. The normalized spacial score (nSPS) is 15.8. The molecule has 1 fully saturated rings. The number of pyridine rings is 1. The summed E-state index contributed by atoms with van der Waals surface area (Å²) in [6.07, 6.45) is 9.21. The number of hydrogen-bond donors (Lipinski definition) is 1. The number of hydrogen-bond acceptors (Lipinski definition) is 4. The molecular formula is C15H19N3S. The van der Waals surface area contributed by atoms with Crippen LogP contribution in [0.2, 0.25) is 0 Å². The summed E-state index contributed by atoms with van der Waals surface area (Å²) in [4.78, 5) is 10.2. The van der Waals surface area contributed by atoms with Crippen LogP contribution in [0.5, 0.6) is 0 Å². The lowest BCUT2D eigenvalue weighted by molar-refractivity contribution is 0.716. The van der Waals surface area contributed by atoms with E-state index in [0.29, 0.717) is 0 Å². The molecule has 1 saturated carbocycles. The third-order valence-electron chi connectivity index (χ3n) is 3.72. The number of aryl methyl sites for hydroxylation is 1. The SMILES string of the molecule is Cc1cccnc1NCc1cnc(C2CCCC2)s1. The molecule has 0 radical (unpaired) electrons. The minimum absolute atomic E-state index is 0.718. The summed E-state index contributed by atoms with van der Waals surface area (Å²) in [7, 11) is 0. The predicted molar refractivity (Wildman–Crippen MR) is 79.6 cm³/mol. The topological polar surface area (TPSA) is 37.8 Å². The van der Waals surface area contributed by atoms with Crippen molar-refractivity contribution in [1.82, 2.24) is 9.97 Å². The molecule has 2 heterocycles. The second-order valence-corrected chi connectivity index (χ2v) is 6.32. The van der Waals surface area contributed by atoms with Crippen molar-refractivity contribution < 1.29 is 0 Å². The van der Waals surface area contributed by atoms with Crippen molar-refractivity contribution in [3.63, 3.8) is 0 Å². The Kier molecular flexibility index (Phi) is 3.78. The monoisotopic (exact) mass is 273 g/mol. The van der Waals surface area contributed by atoms with Crippen LogP contribution < -0.4 is 5.32 Å². The van der Waals surface area contributed by atoms with Crippen LogP contribution in [0.15, 0.2) is 24.5 Å². The Morgan fingerprint density at radius 2 is 2.16 bits per heavy atom. The summed E-state index contributed by atoms with van der Waals surface area (Å²) in [5.74, 6) is 1.69. The molecule has 0 amide bonds. The van der Waals surface area contributed by atoms with Crippen molar-refractivity contribution in [2.45, 2.75) is 45.1 Å². The van der Waals surface area contributed by atoms with Crippen LogP contribution >= 0.6 is 11.3 Å². The third-order valence-corrected chi connectivity index (χ3v) is 4.88. The predicted octanol–water partition coefficient (Wildman–Crippen LogP) is 4.12. The molecule has 0 atom stereocenters. The lowest BCUT2D eigenvalue weighted by atomic mass is 10.1. The van der Waals surface area contributed by atoms with E-state index in [0.717, 1.165) is 18.3 Å². The molecule has 1 aliphatic carbocycles. The maximum absolute atomic E-state index is 4.59. The minimum Gasteiger partial charge on any atom is -0.365 e. The first-order chi connectivity index (χ1) is 9.33. The molecule has 1 N–H and O–H groups in total. The highest BCUT2D eigenvalue weighted by Crippen LogP contribution is 2.36. The van der Waals surface area contributed by atoms with E-state index < -0.39 is 0 Å². The van der Waals surface area contributed by atoms with Gasteiger partial charge in [0.2, 0.25) is 0 Å². The zero-order chi connectivity index (χ0) is 13.1. The molecule has 1 aliphatic rings. The first-order valence-corrected chi connectivity index (χ1v) is 7.74. The Bertz CT molecular complexity index is 544. The highest BCUT2D eigenvalue weighted by atomic mass is 32.1. The van der Waals surface area contributed by atoms with Crippen LogP contribution in [-0.4, -0.2) is 9.97 Å². The zero-order valence-corrected chi connectivity index (χ0v) is 12.0. The largest absolute Gasteiger partial charge is 0.365 e. The third kappa shape index (κ3) is 2.95. The Morgan fingerprint density at radius 3 is 2.95 bits per heavy atom. The molecule has 0 unspecified atom stereocenters. The summed E-state index contributed by atoms with van der Waals surface area (Å²) < 4.78 is 0. The van der Waals surface area contributed by atoms with Gasteiger partial charge in [-0.05, 0) is 31.4 Å². The average molecular weight is 273 g/mol. The van der Waals surface area contributed by atoms with Gasteiger partial charge in [-0.25, -0.2) is 9.97 Å².